The SMILES string of the molecule is CCCCc1nc(Cl)c(COC(=O)[C@@H](CCCC(=O)O)NC)n1Cc1ccc(-c2ccccc2-c2nn[nH]n2)cc1. The topological polar surface area (TPSA) is 148 Å². The van der Waals surface area contributed by atoms with Crippen LogP contribution in [0.4, 0.5) is 0 Å². The van der Waals surface area contributed by atoms with Crippen molar-refractivity contribution in [3.05, 3.63) is 70.8 Å². The van der Waals surface area contributed by atoms with Gasteiger partial charge in [0, 0.05) is 24.9 Å². The predicted octanol–water partition coefficient (Wildman–Crippen LogP) is 4.66. The number of halogens is 1. The zero-order valence-electron chi connectivity index (χ0n) is 23.1. The second-order valence-corrected chi connectivity index (χ2v) is 10.0. The highest BCUT2D eigenvalue weighted by Gasteiger charge is 2.22. The number of nitrogens with one attached hydrogen (secondary N) is 2. The Balaban J connectivity index is 1.52. The number of unbranched alkanes of at least 4 members (excludes halogenated alkanes) is 1. The summed E-state index contributed by atoms with van der Waals surface area (Å²) < 4.78 is 7.65. The van der Waals surface area contributed by atoms with Crippen LogP contribution in [0.3, 0.4) is 0 Å². The quantitative estimate of drug-likeness (QED) is 0.171. The van der Waals surface area contributed by atoms with Crippen molar-refractivity contribution in [1.29, 1.82) is 0 Å². The number of carbonyl (C=O) groups excluding carboxylic acids is 1. The Labute approximate surface area is 243 Å². The van der Waals surface area contributed by atoms with Crippen molar-refractivity contribution >= 4 is 23.5 Å². The number of H-pyrrole nitrogens is 1. The summed E-state index contributed by atoms with van der Waals surface area (Å²) in [6.07, 6.45) is 3.41. The van der Waals surface area contributed by atoms with Crippen LogP contribution in [0, 0.1) is 0 Å². The molecule has 0 aliphatic heterocycles. The van der Waals surface area contributed by atoms with Gasteiger partial charge in [-0.2, -0.15) is 5.21 Å². The minimum absolute atomic E-state index is 0.00761. The minimum Gasteiger partial charge on any atom is -0.481 e. The van der Waals surface area contributed by atoms with E-state index in [0.717, 1.165) is 47.3 Å². The van der Waals surface area contributed by atoms with Crippen LogP contribution < -0.4 is 5.32 Å². The highest BCUT2D eigenvalue weighted by Crippen LogP contribution is 2.30. The lowest BCUT2D eigenvalue weighted by Gasteiger charge is -2.17. The molecule has 12 heteroatoms. The standard InChI is InChI=1S/C29H34ClN7O4/c1-3-4-11-25-32-27(30)24(18-41-29(40)23(31-2)10-7-12-26(38)39)37(25)17-19-13-15-20(16-14-19)21-8-5-6-9-22(21)28-33-35-36-34-28/h5-6,8-9,13-16,23,31H,3-4,7,10-12,17-18H2,1-2H3,(H,38,39)(H,33,34,35,36)/t23-/m1/s1. The van der Waals surface area contributed by atoms with E-state index < -0.39 is 18.0 Å². The minimum atomic E-state index is -0.896. The number of esters is 1. The molecule has 0 aliphatic carbocycles. The highest BCUT2D eigenvalue weighted by molar-refractivity contribution is 6.30. The monoisotopic (exact) mass is 579 g/mol. The lowest BCUT2D eigenvalue weighted by atomic mass is 9.98. The van der Waals surface area contributed by atoms with Crippen LogP contribution in [0.2, 0.25) is 5.15 Å². The van der Waals surface area contributed by atoms with Gasteiger partial charge in [0.15, 0.2) is 5.15 Å². The van der Waals surface area contributed by atoms with E-state index in [0.29, 0.717) is 36.1 Å². The molecule has 0 amide bonds. The van der Waals surface area contributed by atoms with Crippen molar-refractivity contribution in [2.24, 2.45) is 0 Å². The fourth-order valence-corrected chi connectivity index (χ4v) is 4.86. The number of carbonyl (C=O) groups is 2. The molecule has 0 spiro atoms. The van der Waals surface area contributed by atoms with Crippen LogP contribution in [0.15, 0.2) is 48.5 Å². The van der Waals surface area contributed by atoms with Gasteiger partial charge < -0.3 is 19.7 Å². The largest absolute Gasteiger partial charge is 0.481 e. The number of ether oxygens (including phenoxy) is 1. The number of benzene rings is 2. The summed E-state index contributed by atoms with van der Waals surface area (Å²) >= 11 is 6.56. The number of likely N-dealkylation sites (N-methyl/N-ethyl adjacent to an activating group) is 1. The van der Waals surface area contributed by atoms with Gasteiger partial charge in [0.25, 0.3) is 0 Å². The molecule has 0 radical (unpaired) electrons. The number of hydrogen-bond acceptors (Lipinski definition) is 8. The molecule has 0 unspecified atom stereocenters. The molecule has 4 rings (SSSR count). The molecule has 0 aliphatic rings. The van der Waals surface area contributed by atoms with Gasteiger partial charge in [-0.15, -0.1) is 10.2 Å². The molecular weight excluding hydrogens is 546 g/mol. The third kappa shape index (κ3) is 7.77. The van der Waals surface area contributed by atoms with E-state index in [1.807, 2.05) is 41.0 Å². The van der Waals surface area contributed by atoms with E-state index in [4.69, 9.17) is 21.4 Å². The summed E-state index contributed by atoms with van der Waals surface area (Å²) in [5.74, 6) is 0.00936. The molecule has 3 N–H and O–H groups in total. The first-order valence-electron chi connectivity index (χ1n) is 13.6. The van der Waals surface area contributed by atoms with E-state index in [9.17, 15) is 9.59 Å². The summed E-state index contributed by atoms with van der Waals surface area (Å²) in [4.78, 5) is 28.2. The van der Waals surface area contributed by atoms with Crippen molar-refractivity contribution in [1.82, 2.24) is 35.5 Å². The second-order valence-electron chi connectivity index (χ2n) is 9.67. The Kier molecular flexibility index (Phi) is 10.6. The molecule has 0 saturated heterocycles. The fourth-order valence-electron chi connectivity index (χ4n) is 4.61. The molecule has 2 heterocycles. The number of imidazole rings is 1. The molecule has 41 heavy (non-hydrogen) atoms. The Morgan fingerprint density at radius 2 is 1.88 bits per heavy atom. The van der Waals surface area contributed by atoms with Gasteiger partial charge in [-0.25, -0.2) is 4.98 Å². The average Bonchev–Trinajstić information content (AvgIpc) is 3.61. The zero-order chi connectivity index (χ0) is 29.2. The summed E-state index contributed by atoms with van der Waals surface area (Å²) in [5, 5.41) is 26.5. The number of carboxylic acid groups (broad SMARTS) is 1. The lowest BCUT2D eigenvalue weighted by Crippen LogP contribution is -2.35. The molecule has 0 fully saturated rings. The maximum atomic E-state index is 12.7. The van der Waals surface area contributed by atoms with Gasteiger partial charge in [0.05, 0.1) is 5.69 Å². The van der Waals surface area contributed by atoms with Crippen LogP contribution in [0.5, 0.6) is 0 Å². The van der Waals surface area contributed by atoms with Crippen LogP contribution >= 0.6 is 11.6 Å². The summed E-state index contributed by atoms with van der Waals surface area (Å²) in [5.41, 5.74) is 4.54. The molecule has 0 bridgehead atoms. The first-order valence-corrected chi connectivity index (χ1v) is 14.0. The van der Waals surface area contributed by atoms with Crippen LogP contribution in [0.25, 0.3) is 22.5 Å². The van der Waals surface area contributed by atoms with Crippen molar-refractivity contribution < 1.29 is 19.4 Å². The fraction of sp³-hybridized carbons (Fsp3) is 0.379. The smallest absolute Gasteiger partial charge is 0.323 e. The zero-order valence-corrected chi connectivity index (χ0v) is 23.9. The van der Waals surface area contributed by atoms with E-state index in [2.05, 4.69) is 50.0 Å². The molecule has 11 nitrogen and oxygen atoms in total. The van der Waals surface area contributed by atoms with Gasteiger partial charge in [0.1, 0.15) is 18.5 Å². The number of aliphatic carboxylic acids is 1. The predicted molar refractivity (Wildman–Crippen MR) is 154 cm³/mol. The van der Waals surface area contributed by atoms with Gasteiger partial charge in [-0.05, 0) is 48.2 Å². The second kappa shape index (κ2) is 14.5. The normalized spacial score (nSPS) is 11.9. The number of tetrazole rings is 1. The maximum Gasteiger partial charge on any atom is 0.323 e. The molecule has 0 saturated carbocycles. The summed E-state index contributed by atoms with van der Waals surface area (Å²) in [7, 11) is 1.65. The number of carboxylic acids is 1. The number of aromatic nitrogens is 6. The van der Waals surface area contributed by atoms with Gasteiger partial charge in [0.2, 0.25) is 5.82 Å². The van der Waals surface area contributed by atoms with E-state index in [1.165, 1.54) is 0 Å². The van der Waals surface area contributed by atoms with Crippen LogP contribution in [-0.4, -0.2) is 60.3 Å². The third-order valence-electron chi connectivity index (χ3n) is 6.84. The van der Waals surface area contributed by atoms with Crippen LogP contribution in [0.1, 0.15) is 56.1 Å². The van der Waals surface area contributed by atoms with Gasteiger partial charge in [-0.1, -0.05) is 73.5 Å². The van der Waals surface area contributed by atoms with Crippen molar-refractivity contribution in [2.75, 3.05) is 7.05 Å². The average molecular weight is 580 g/mol. The van der Waals surface area contributed by atoms with Gasteiger partial charge in [-0.3, -0.25) is 9.59 Å². The molecule has 216 valence electrons. The molecule has 4 aromatic rings. The molecule has 2 aromatic carbocycles. The Bertz CT molecular complexity index is 1440. The van der Waals surface area contributed by atoms with Crippen molar-refractivity contribution in [2.45, 2.75) is 64.6 Å². The third-order valence-corrected chi connectivity index (χ3v) is 7.15. The van der Waals surface area contributed by atoms with Crippen LogP contribution in [-0.2, 0) is 33.9 Å². The first kappa shape index (κ1) is 29.9. The number of hydrogen-bond donors (Lipinski definition) is 3. The summed E-state index contributed by atoms with van der Waals surface area (Å²) in [6, 6.07) is 15.5. The summed E-state index contributed by atoms with van der Waals surface area (Å²) in [6.45, 7) is 2.58. The molecule has 1 atom stereocenters. The van der Waals surface area contributed by atoms with Crippen molar-refractivity contribution in [3.63, 3.8) is 0 Å². The lowest BCUT2D eigenvalue weighted by molar-refractivity contribution is -0.148. The number of aromatic amines is 1. The number of nitrogens with zero attached hydrogens (tertiary/aromatic N) is 5. The molecular formula is C29H34ClN7O4. The maximum absolute atomic E-state index is 12.7. The number of rotatable bonds is 15. The van der Waals surface area contributed by atoms with E-state index >= 15 is 0 Å². The first-order chi connectivity index (χ1) is 19.9. The van der Waals surface area contributed by atoms with Crippen molar-refractivity contribution in [3.8, 4) is 22.5 Å². The van der Waals surface area contributed by atoms with E-state index in [-0.39, 0.29) is 13.0 Å². The Morgan fingerprint density at radius 1 is 1.12 bits per heavy atom. The van der Waals surface area contributed by atoms with Gasteiger partial charge >= 0.3 is 11.9 Å². The van der Waals surface area contributed by atoms with E-state index in [1.54, 1.807) is 7.05 Å². The Morgan fingerprint density at radius 3 is 2.54 bits per heavy atom. The Hall–Kier alpha value is -4.09. The molecule has 2 aromatic heterocycles. The highest BCUT2D eigenvalue weighted by atomic mass is 35.5. The number of aryl methyl sites for hydroxylation is 1.